The summed E-state index contributed by atoms with van der Waals surface area (Å²) in [5.74, 6) is 0.637. The van der Waals surface area contributed by atoms with Crippen molar-refractivity contribution in [3.63, 3.8) is 0 Å². The highest BCUT2D eigenvalue weighted by molar-refractivity contribution is 7.99. The number of carbonyl (C=O) groups is 1. The molecule has 2 aromatic carbocycles. The fraction of sp³-hybridized carbons (Fsp3) is 0.158. The average Bonchev–Trinajstić information content (AvgIpc) is 2.69. The van der Waals surface area contributed by atoms with Crippen LogP contribution in [0.25, 0.3) is 11.3 Å². The van der Waals surface area contributed by atoms with Crippen molar-refractivity contribution in [2.24, 2.45) is 0 Å². The molecular weight excluding hydrogens is 364 g/mol. The third-order valence-corrected chi connectivity index (χ3v) is 4.38. The quantitative estimate of drug-likeness (QED) is 0.610. The van der Waals surface area contributed by atoms with E-state index < -0.39 is 0 Å². The van der Waals surface area contributed by atoms with Crippen LogP contribution in [0.4, 0.5) is 5.69 Å². The van der Waals surface area contributed by atoms with E-state index in [9.17, 15) is 9.59 Å². The van der Waals surface area contributed by atoms with Crippen molar-refractivity contribution in [1.82, 2.24) is 15.2 Å². The lowest BCUT2D eigenvalue weighted by Gasteiger charge is -2.07. The van der Waals surface area contributed by atoms with E-state index in [0.717, 1.165) is 17.5 Å². The van der Waals surface area contributed by atoms with E-state index in [-0.39, 0.29) is 22.9 Å². The minimum atomic E-state index is -0.342. The van der Waals surface area contributed by atoms with Crippen molar-refractivity contribution >= 4 is 23.4 Å². The van der Waals surface area contributed by atoms with Gasteiger partial charge in [-0.2, -0.15) is 0 Å². The Morgan fingerprint density at radius 3 is 2.52 bits per heavy atom. The van der Waals surface area contributed by atoms with Gasteiger partial charge in [0.1, 0.15) is 5.75 Å². The van der Waals surface area contributed by atoms with Gasteiger partial charge in [-0.25, -0.2) is 0 Å². The molecule has 2 N–H and O–H groups in total. The number of nitrogens with zero attached hydrogens (tertiary/aromatic N) is 2. The van der Waals surface area contributed by atoms with Gasteiger partial charge in [-0.3, -0.25) is 14.6 Å². The molecule has 7 nitrogen and oxygen atoms in total. The summed E-state index contributed by atoms with van der Waals surface area (Å²) >= 11 is 1.11. The molecule has 8 heteroatoms. The highest BCUT2D eigenvalue weighted by atomic mass is 32.2. The molecule has 27 heavy (non-hydrogen) atoms. The number of amides is 1. The van der Waals surface area contributed by atoms with Gasteiger partial charge in [-0.15, -0.1) is 10.2 Å². The summed E-state index contributed by atoms with van der Waals surface area (Å²) in [5, 5.41) is 11.0. The van der Waals surface area contributed by atoms with Crippen LogP contribution in [0.2, 0.25) is 0 Å². The molecule has 0 aliphatic carbocycles. The number of hydrogen-bond acceptors (Lipinski definition) is 6. The fourth-order valence-corrected chi connectivity index (χ4v) is 2.91. The van der Waals surface area contributed by atoms with E-state index >= 15 is 0 Å². The van der Waals surface area contributed by atoms with E-state index in [2.05, 4.69) is 20.5 Å². The topological polar surface area (TPSA) is 97.0 Å². The first-order chi connectivity index (χ1) is 13.2. The Morgan fingerprint density at radius 2 is 1.85 bits per heavy atom. The summed E-state index contributed by atoms with van der Waals surface area (Å²) in [5.41, 5.74) is 1.27. The van der Waals surface area contributed by atoms with Gasteiger partial charge in [0.05, 0.1) is 12.4 Å². The Kier molecular flexibility index (Phi) is 6.22. The van der Waals surface area contributed by atoms with Crippen LogP contribution in [-0.2, 0) is 4.79 Å². The Bertz CT molecular complexity index is 959. The molecule has 0 spiro atoms. The van der Waals surface area contributed by atoms with Gasteiger partial charge in [-0.1, -0.05) is 42.1 Å². The van der Waals surface area contributed by atoms with Gasteiger partial charge in [0.25, 0.3) is 5.56 Å². The lowest BCUT2D eigenvalue weighted by Crippen LogP contribution is -2.17. The highest BCUT2D eigenvalue weighted by Crippen LogP contribution is 2.17. The minimum absolute atomic E-state index is 0.0997. The van der Waals surface area contributed by atoms with Crippen molar-refractivity contribution in [2.45, 2.75) is 12.1 Å². The van der Waals surface area contributed by atoms with Gasteiger partial charge < -0.3 is 10.1 Å². The van der Waals surface area contributed by atoms with Crippen LogP contribution in [0.3, 0.4) is 0 Å². The zero-order valence-corrected chi connectivity index (χ0v) is 15.5. The van der Waals surface area contributed by atoms with Crippen LogP contribution in [0, 0.1) is 0 Å². The van der Waals surface area contributed by atoms with Crippen molar-refractivity contribution in [2.75, 3.05) is 17.7 Å². The Morgan fingerprint density at radius 1 is 1.11 bits per heavy atom. The number of nitrogens with one attached hydrogen (secondary N) is 2. The molecule has 3 aromatic rings. The summed E-state index contributed by atoms with van der Waals surface area (Å²) in [6.45, 7) is 2.50. The second-order valence-electron chi connectivity index (χ2n) is 5.47. The van der Waals surface area contributed by atoms with Gasteiger partial charge in [-0.05, 0) is 31.2 Å². The maximum absolute atomic E-state index is 12.2. The number of benzene rings is 2. The summed E-state index contributed by atoms with van der Waals surface area (Å²) in [6, 6.07) is 16.2. The standard InChI is InChI=1S/C19H18N4O3S/c1-2-26-15-10-8-14(9-11-15)20-16(24)12-27-19-21-18(25)17(22-23-19)13-6-4-3-5-7-13/h3-11H,2,12H2,1H3,(H,20,24)(H,21,23,25). The average molecular weight is 382 g/mol. The smallest absolute Gasteiger partial charge is 0.278 e. The molecule has 0 saturated heterocycles. The van der Waals surface area contributed by atoms with Crippen LogP contribution in [0.15, 0.2) is 64.5 Å². The van der Waals surface area contributed by atoms with E-state index in [0.29, 0.717) is 23.0 Å². The van der Waals surface area contributed by atoms with Gasteiger partial charge >= 0.3 is 0 Å². The van der Waals surface area contributed by atoms with Gasteiger partial charge in [0, 0.05) is 11.3 Å². The number of H-pyrrole nitrogens is 1. The zero-order valence-electron chi connectivity index (χ0n) is 14.6. The lowest BCUT2D eigenvalue weighted by atomic mass is 10.2. The molecule has 0 aliphatic heterocycles. The molecule has 1 amide bonds. The molecule has 1 heterocycles. The summed E-state index contributed by atoms with van der Waals surface area (Å²) in [4.78, 5) is 26.9. The monoisotopic (exact) mass is 382 g/mol. The van der Waals surface area contributed by atoms with Gasteiger partial charge in [0.2, 0.25) is 5.91 Å². The van der Waals surface area contributed by atoms with E-state index in [1.807, 2.05) is 25.1 Å². The first kappa shape index (κ1) is 18.7. The van der Waals surface area contributed by atoms with Crippen LogP contribution in [-0.4, -0.2) is 33.4 Å². The third-order valence-electron chi connectivity index (χ3n) is 3.51. The molecule has 0 saturated carbocycles. The molecule has 1 aromatic heterocycles. The molecule has 0 unspecified atom stereocenters. The van der Waals surface area contributed by atoms with E-state index in [4.69, 9.17) is 4.74 Å². The molecule has 3 rings (SSSR count). The first-order valence-electron chi connectivity index (χ1n) is 8.33. The lowest BCUT2D eigenvalue weighted by molar-refractivity contribution is -0.113. The SMILES string of the molecule is CCOc1ccc(NC(=O)CSc2nnc(-c3ccccc3)c(=O)[nH]2)cc1. The number of aromatic nitrogens is 3. The molecule has 138 valence electrons. The third kappa shape index (κ3) is 5.18. The second-order valence-corrected chi connectivity index (χ2v) is 6.43. The van der Waals surface area contributed by atoms with Crippen LogP contribution < -0.4 is 15.6 Å². The van der Waals surface area contributed by atoms with Crippen molar-refractivity contribution in [1.29, 1.82) is 0 Å². The van der Waals surface area contributed by atoms with Crippen molar-refractivity contribution < 1.29 is 9.53 Å². The molecule has 0 bridgehead atoms. The molecule has 0 atom stereocenters. The van der Waals surface area contributed by atoms with E-state index in [1.165, 1.54) is 0 Å². The van der Waals surface area contributed by atoms with Crippen LogP contribution >= 0.6 is 11.8 Å². The first-order valence-corrected chi connectivity index (χ1v) is 9.32. The van der Waals surface area contributed by atoms with Crippen LogP contribution in [0.5, 0.6) is 5.75 Å². The second kappa shape index (κ2) is 9.00. The summed E-state index contributed by atoms with van der Waals surface area (Å²) < 4.78 is 5.36. The Labute approximate surface area is 160 Å². The highest BCUT2D eigenvalue weighted by Gasteiger charge is 2.10. The maximum Gasteiger partial charge on any atom is 0.278 e. The van der Waals surface area contributed by atoms with Crippen molar-refractivity contribution in [3.8, 4) is 17.0 Å². The number of hydrogen-bond donors (Lipinski definition) is 2. The van der Waals surface area contributed by atoms with Gasteiger partial charge in [0.15, 0.2) is 10.9 Å². The van der Waals surface area contributed by atoms with E-state index in [1.54, 1.807) is 36.4 Å². The normalized spacial score (nSPS) is 10.4. The number of rotatable bonds is 7. The number of carbonyl (C=O) groups excluding carboxylic acids is 1. The molecular formula is C19H18N4O3S. The number of thioether (sulfide) groups is 1. The minimum Gasteiger partial charge on any atom is -0.494 e. The molecule has 0 aliphatic rings. The predicted octanol–water partition coefficient (Wildman–Crippen LogP) is 2.96. The molecule has 0 fully saturated rings. The summed E-state index contributed by atoms with van der Waals surface area (Å²) in [7, 11) is 0. The molecule has 0 radical (unpaired) electrons. The zero-order chi connectivity index (χ0) is 19.1. The fourth-order valence-electron chi connectivity index (χ4n) is 2.30. The number of ether oxygens (including phenoxy) is 1. The van der Waals surface area contributed by atoms with Crippen LogP contribution in [0.1, 0.15) is 6.92 Å². The number of aromatic amines is 1. The number of anilines is 1. The predicted molar refractivity (Wildman–Crippen MR) is 105 cm³/mol. The largest absolute Gasteiger partial charge is 0.494 e. The summed E-state index contributed by atoms with van der Waals surface area (Å²) in [6.07, 6.45) is 0. The Hall–Kier alpha value is -3.13. The van der Waals surface area contributed by atoms with Crippen molar-refractivity contribution in [3.05, 3.63) is 65.0 Å². The Balaban J connectivity index is 1.57. The maximum atomic E-state index is 12.2.